The number of rotatable bonds is 1. The van der Waals surface area contributed by atoms with Crippen LogP contribution in [0.4, 0.5) is 4.39 Å². The van der Waals surface area contributed by atoms with Gasteiger partial charge in [0, 0.05) is 5.39 Å². The Morgan fingerprint density at radius 3 is 2.86 bits per heavy atom. The van der Waals surface area contributed by atoms with Crippen molar-refractivity contribution >= 4 is 33.1 Å². The summed E-state index contributed by atoms with van der Waals surface area (Å²) in [6.45, 7) is 1.68. The minimum atomic E-state index is -0.309. The Bertz CT molecular complexity index is 518. The molecule has 0 bridgehead atoms. The molecule has 0 aliphatic rings. The van der Waals surface area contributed by atoms with Gasteiger partial charge < -0.3 is 4.98 Å². The van der Waals surface area contributed by atoms with Crippen molar-refractivity contribution in [3.05, 3.63) is 33.7 Å². The van der Waals surface area contributed by atoms with Gasteiger partial charge in [0.2, 0.25) is 0 Å². The van der Waals surface area contributed by atoms with Gasteiger partial charge in [-0.05, 0) is 28.4 Å². The minimum Gasteiger partial charge on any atom is -0.346 e. The average Bonchev–Trinajstić information content (AvgIpc) is 2.49. The SMILES string of the molecule is Cc1ccc2c(C=O)c(Br)[nH]c2c1F. The molecule has 0 atom stereocenters. The summed E-state index contributed by atoms with van der Waals surface area (Å²) < 4.78 is 14.1. The molecule has 0 aliphatic heterocycles. The number of hydrogen-bond donors (Lipinski definition) is 1. The number of benzene rings is 1. The summed E-state index contributed by atoms with van der Waals surface area (Å²) in [5.41, 5.74) is 1.39. The fourth-order valence-corrected chi connectivity index (χ4v) is 1.94. The molecule has 0 fully saturated rings. The van der Waals surface area contributed by atoms with Crippen molar-refractivity contribution in [2.75, 3.05) is 0 Å². The summed E-state index contributed by atoms with van der Waals surface area (Å²) in [7, 11) is 0. The van der Waals surface area contributed by atoms with Crippen LogP contribution < -0.4 is 0 Å². The molecule has 72 valence electrons. The fourth-order valence-electron chi connectivity index (χ4n) is 1.44. The molecule has 0 amide bonds. The van der Waals surface area contributed by atoms with Gasteiger partial charge in [0.05, 0.1) is 15.7 Å². The lowest BCUT2D eigenvalue weighted by Gasteiger charge is -1.96. The van der Waals surface area contributed by atoms with Crippen LogP contribution >= 0.6 is 15.9 Å². The zero-order valence-corrected chi connectivity index (χ0v) is 8.98. The summed E-state index contributed by atoms with van der Waals surface area (Å²) in [5, 5.41) is 0.606. The molecular formula is C10H7BrFNO. The first-order valence-corrected chi connectivity index (χ1v) is 4.86. The minimum absolute atomic E-state index is 0.309. The predicted molar refractivity (Wildman–Crippen MR) is 56.1 cm³/mol. The van der Waals surface area contributed by atoms with Crippen LogP contribution in [-0.4, -0.2) is 11.3 Å². The first-order chi connectivity index (χ1) is 6.65. The monoisotopic (exact) mass is 255 g/mol. The number of aryl methyl sites for hydroxylation is 1. The van der Waals surface area contributed by atoms with E-state index >= 15 is 0 Å². The Hall–Kier alpha value is -1.16. The van der Waals surface area contributed by atoms with Crippen molar-refractivity contribution in [3.8, 4) is 0 Å². The molecule has 2 aromatic rings. The number of aromatic nitrogens is 1. The lowest BCUT2D eigenvalue weighted by Crippen LogP contribution is -1.83. The molecule has 1 aromatic carbocycles. The largest absolute Gasteiger partial charge is 0.346 e. The first kappa shape index (κ1) is 9.40. The van der Waals surface area contributed by atoms with Gasteiger partial charge in [0.15, 0.2) is 6.29 Å². The lowest BCUT2D eigenvalue weighted by atomic mass is 10.1. The molecule has 0 saturated heterocycles. The zero-order chi connectivity index (χ0) is 10.3. The van der Waals surface area contributed by atoms with Crippen LogP contribution in [0.3, 0.4) is 0 Å². The van der Waals surface area contributed by atoms with Crippen LogP contribution in [0.1, 0.15) is 15.9 Å². The van der Waals surface area contributed by atoms with E-state index in [1.54, 1.807) is 19.1 Å². The third kappa shape index (κ3) is 1.18. The highest BCUT2D eigenvalue weighted by molar-refractivity contribution is 9.10. The molecule has 1 N–H and O–H groups in total. The summed E-state index contributed by atoms with van der Waals surface area (Å²) in [4.78, 5) is 13.5. The maximum atomic E-state index is 13.6. The van der Waals surface area contributed by atoms with Crippen molar-refractivity contribution in [2.45, 2.75) is 6.92 Å². The highest BCUT2D eigenvalue weighted by atomic mass is 79.9. The van der Waals surface area contributed by atoms with E-state index in [2.05, 4.69) is 20.9 Å². The zero-order valence-electron chi connectivity index (χ0n) is 7.40. The molecule has 4 heteroatoms. The Morgan fingerprint density at radius 1 is 1.50 bits per heavy atom. The molecule has 1 heterocycles. The Kier molecular flexibility index (Phi) is 2.15. The fraction of sp³-hybridized carbons (Fsp3) is 0.100. The van der Waals surface area contributed by atoms with E-state index in [0.29, 0.717) is 32.9 Å². The van der Waals surface area contributed by atoms with Crippen molar-refractivity contribution in [3.63, 3.8) is 0 Å². The van der Waals surface area contributed by atoms with Crippen molar-refractivity contribution < 1.29 is 9.18 Å². The summed E-state index contributed by atoms with van der Waals surface area (Å²) in [6, 6.07) is 3.39. The van der Waals surface area contributed by atoms with Gasteiger partial charge in [0.25, 0.3) is 0 Å². The molecule has 2 rings (SSSR count). The van der Waals surface area contributed by atoms with E-state index in [1.807, 2.05) is 0 Å². The van der Waals surface area contributed by atoms with E-state index in [0.717, 1.165) is 0 Å². The van der Waals surface area contributed by atoms with Crippen molar-refractivity contribution in [1.29, 1.82) is 0 Å². The summed E-state index contributed by atoms with van der Waals surface area (Å²) >= 11 is 3.18. The molecule has 0 spiro atoms. The molecule has 0 aliphatic carbocycles. The van der Waals surface area contributed by atoms with Gasteiger partial charge in [0.1, 0.15) is 5.82 Å². The molecule has 0 unspecified atom stereocenters. The van der Waals surface area contributed by atoms with Crippen LogP contribution in [0.5, 0.6) is 0 Å². The van der Waals surface area contributed by atoms with Crippen LogP contribution in [-0.2, 0) is 0 Å². The Morgan fingerprint density at radius 2 is 2.21 bits per heavy atom. The quantitative estimate of drug-likeness (QED) is 0.781. The molecular weight excluding hydrogens is 249 g/mol. The topological polar surface area (TPSA) is 32.9 Å². The van der Waals surface area contributed by atoms with E-state index in [-0.39, 0.29) is 5.82 Å². The van der Waals surface area contributed by atoms with Crippen molar-refractivity contribution in [2.24, 2.45) is 0 Å². The third-order valence-electron chi connectivity index (χ3n) is 2.21. The number of nitrogens with one attached hydrogen (secondary N) is 1. The number of aromatic amines is 1. The highest BCUT2D eigenvalue weighted by Crippen LogP contribution is 2.28. The van der Waals surface area contributed by atoms with Gasteiger partial charge in [-0.3, -0.25) is 4.79 Å². The first-order valence-electron chi connectivity index (χ1n) is 4.06. The Balaban J connectivity index is 2.93. The predicted octanol–water partition coefficient (Wildman–Crippen LogP) is 3.19. The lowest BCUT2D eigenvalue weighted by molar-refractivity contribution is 0.112. The van der Waals surface area contributed by atoms with Gasteiger partial charge in [-0.1, -0.05) is 12.1 Å². The van der Waals surface area contributed by atoms with E-state index < -0.39 is 0 Å². The number of H-pyrrole nitrogens is 1. The smallest absolute Gasteiger partial charge is 0.153 e. The molecule has 0 radical (unpaired) electrons. The second kappa shape index (κ2) is 3.20. The van der Waals surface area contributed by atoms with Gasteiger partial charge in [-0.25, -0.2) is 4.39 Å². The maximum Gasteiger partial charge on any atom is 0.153 e. The second-order valence-electron chi connectivity index (χ2n) is 3.09. The van der Waals surface area contributed by atoms with Crippen LogP contribution in [0.15, 0.2) is 16.7 Å². The number of aldehydes is 1. The van der Waals surface area contributed by atoms with Crippen LogP contribution in [0.25, 0.3) is 10.9 Å². The van der Waals surface area contributed by atoms with Crippen LogP contribution in [0.2, 0.25) is 0 Å². The van der Waals surface area contributed by atoms with Gasteiger partial charge >= 0.3 is 0 Å². The third-order valence-corrected chi connectivity index (χ3v) is 2.84. The van der Waals surface area contributed by atoms with E-state index in [4.69, 9.17) is 0 Å². The average molecular weight is 256 g/mol. The standard InChI is InChI=1S/C10H7BrFNO/c1-5-2-3-6-7(4-14)10(11)13-9(6)8(5)12/h2-4,13H,1H3. The normalized spacial score (nSPS) is 10.8. The van der Waals surface area contributed by atoms with Crippen molar-refractivity contribution in [1.82, 2.24) is 4.98 Å². The van der Waals surface area contributed by atoms with E-state index in [9.17, 15) is 9.18 Å². The molecule has 0 saturated carbocycles. The van der Waals surface area contributed by atoms with Crippen LogP contribution in [0, 0.1) is 12.7 Å². The maximum absolute atomic E-state index is 13.6. The number of halogens is 2. The Labute approximate surface area is 88.2 Å². The summed E-state index contributed by atoms with van der Waals surface area (Å²) in [5.74, 6) is -0.309. The summed E-state index contributed by atoms with van der Waals surface area (Å²) in [6.07, 6.45) is 0.706. The molecule has 14 heavy (non-hydrogen) atoms. The van der Waals surface area contributed by atoms with Gasteiger partial charge in [-0.2, -0.15) is 0 Å². The molecule has 1 aromatic heterocycles. The van der Waals surface area contributed by atoms with E-state index in [1.165, 1.54) is 0 Å². The van der Waals surface area contributed by atoms with Gasteiger partial charge in [-0.15, -0.1) is 0 Å². The number of hydrogen-bond acceptors (Lipinski definition) is 1. The number of carbonyl (C=O) groups is 1. The highest BCUT2D eigenvalue weighted by Gasteiger charge is 2.12. The second-order valence-corrected chi connectivity index (χ2v) is 3.88. The molecule has 2 nitrogen and oxygen atoms in total. The number of fused-ring (bicyclic) bond motifs is 1. The number of carbonyl (C=O) groups excluding carboxylic acids is 1.